The zero-order chi connectivity index (χ0) is 18.8. The summed E-state index contributed by atoms with van der Waals surface area (Å²) in [5.41, 5.74) is 0.805. The van der Waals surface area contributed by atoms with Gasteiger partial charge in [-0.2, -0.15) is 0 Å². The normalized spacial score (nSPS) is 17.4. The van der Waals surface area contributed by atoms with Gasteiger partial charge in [-0.25, -0.2) is 4.98 Å². The molecule has 0 radical (unpaired) electrons. The first-order valence-corrected chi connectivity index (χ1v) is 9.20. The highest BCUT2D eigenvalue weighted by atomic mass is 16.5. The Kier molecular flexibility index (Phi) is 4.85. The van der Waals surface area contributed by atoms with Gasteiger partial charge in [0.05, 0.1) is 13.7 Å². The lowest BCUT2D eigenvalue weighted by atomic mass is 10.1. The smallest absolute Gasteiger partial charge is 0.293 e. The average molecular weight is 368 g/mol. The average Bonchev–Trinajstić information content (AvgIpc) is 3.10. The van der Waals surface area contributed by atoms with Gasteiger partial charge in [0.25, 0.3) is 5.56 Å². The molecule has 1 N–H and O–H groups in total. The zero-order valence-corrected chi connectivity index (χ0v) is 15.6. The van der Waals surface area contributed by atoms with Gasteiger partial charge >= 0.3 is 0 Å². The number of hydrogen-bond acceptors (Lipinski definition) is 6. The Morgan fingerprint density at radius 3 is 3.11 bits per heavy atom. The second-order valence-corrected chi connectivity index (χ2v) is 6.95. The summed E-state index contributed by atoms with van der Waals surface area (Å²) in [5, 5.41) is 4.59. The van der Waals surface area contributed by atoms with Crippen LogP contribution in [0.25, 0.3) is 11.0 Å². The molecule has 0 bridgehead atoms. The number of fused-ring (bicyclic) bond motifs is 1. The fourth-order valence-corrected chi connectivity index (χ4v) is 3.57. The van der Waals surface area contributed by atoms with Crippen LogP contribution in [0.15, 0.2) is 45.9 Å². The molecule has 4 rings (SSSR count). The van der Waals surface area contributed by atoms with E-state index in [9.17, 15) is 4.79 Å². The highest BCUT2D eigenvalue weighted by molar-refractivity contribution is 5.79. The minimum atomic E-state index is -0.0515. The summed E-state index contributed by atoms with van der Waals surface area (Å²) in [5.74, 6) is 2.24. The number of anilines is 1. The number of methoxy groups -OCH3 is 1. The van der Waals surface area contributed by atoms with Crippen molar-refractivity contribution >= 4 is 16.8 Å². The molecule has 3 heterocycles. The van der Waals surface area contributed by atoms with Crippen molar-refractivity contribution in [3.8, 4) is 5.75 Å². The van der Waals surface area contributed by atoms with E-state index < -0.39 is 0 Å². The Morgan fingerprint density at radius 1 is 1.37 bits per heavy atom. The van der Waals surface area contributed by atoms with Gasteiger partial charge in [0.1, 0.15) is 17.1 Å². The lowest BCUT2D eigenvalue weighted by Crippen LogP contribution is -2.47. The molecule has 0 amide bonds. The van der Waals surface area contributed by atoms with E-state index in [1.165, 1.54) is 0 Å². The second-order valence-electron chi connectivity index (χ2n) is 6.95. The van der Waals surface area contributed by atoms with Crippen molar-refractivity contribution in [2.24, 2.45) is 7.05 Å². The number of aromatic nitrogens is 2. The second kappa shape index (κ2) is 7.44. The van der Waals surface area contributed by atoms with Crippen LogP contribution in [0.4, 0.5) is 5.82 Å². The number of nitrogens with one attached hydrogen (secondary N) is 1. The first kappa shape index (κ1) is 17.6. The van der Waals surface area contributed by atoms with E-state index in [-0.39, 0.29) is 11.6 Å². The molecule has 1 fully saturated rings. The van der Waals surface area contributed by atoms with E-state index in [0.717, 1.165) is 48.4 Å². The molecule has 1 aromatic carbocycles. The van der Waals surface area contributed by atoms with Gasteiger partial charge in [0.15, 0.2) is 5.82 Å². The lowest BCUT2D eigenvalue weighted by molar-refractivity contribution is 0.398. The van der Waals surface area contributed by atoms with Gasteiger partial charge in [-0.15, -0.1) is 0 Å². The monoisotopic (exact) mass is 368 g/mol. The standard InChI is InChI=1S/C20H24N4O3/c1-23-9-7-21-19(20(23)25)24-8-3-4-15(13-24)22-12-17-11-14-10-16(26-2)5-6-18(14)27-17/h5-7,9-11,15,22H,3-4,8,12-13H2,1-2H3/t15-/m1/s1. The minimum absolute atomic E-state index is 0.0515. The fourth-order valence-electron chi connectivity index (χ4n) is 3.57. The molecular weight excluding hydrogens is 344 g/mol. The first-order chi connectivity index (χ1) is 13.1. The van der Waals surface area contributed by atoms with Crippen molar-refractivity contribution in [3.05, 3.63) is 52.8 Å². The van der Waals surface area contributed by atoms with Crippen molar-refractivity contribution < 1.29 is 9.15 Å². The van der Waals surface area contributed by atoms with E-state index in [1.54, 1.807) is 31.1 Å². The summed E-state index contributed by atoms with van der Waals surface area (Å²) in [6.07, 6.45) is 5.45. The van der Waals surface area contributed by atoms with Gasteiger partial charge in [-0.05, 0) is 37.1 Å². The van der Waals surface area contributed by atoms with Crippen LogP contribution >= 0.6 is 0 Å². The third-order valence-electron chi connectivity index (χ3n) is 5.06. The Labute approximate surface area is 157 Å². The molecule has 0 unspecified atom stereocenters. The van der Waals surface area contributed by atoms with Gasteiger partial charge in [0.2, 0.25) is 0 Å². The van der Waals surface area contributed by atoms with Crippen molar-refractivity contribution in [2.45, 2.75) is 25.4 Å². The van der Waals surface area contributed by atoms with Gasteiger partial charge in [-0.1, -0.05) is 0 Å². The van der Waals surface area contributed by atoms with Crippen LogP contribution in [-0.4, -0.2) is 35.8 Å². The maximum absolute atomic E-state index is 12.3. The number of benzene rings is 1. The van der Waals surface area contributed by atoms with E-state index in [1.807, 2.05) is 24.3 Å². The molecule has 7 heteroatoms. The van der Waals surface area contributed by atoms with Crippen LogP contribution < -0.4 is 20.5 Å². The Balaban J connectivity index is 1.42. The molecule has 142 valence electrons. The molecule has 3 aromatic rings. The number of hydrogen-bond donors (Lipinski definition) is 1. The van der Waals surface area contributed by atoms with Crippen molar-refractivity contribution in [3.63, 3.8) is 0 Å². The molecule has 1 aliphatic rings. The number of furan rings is 1. The quantitative estimate of drug-likeness (QED) is 0.745. The maximum Gasteiger partial charge on any atom is 0.293 e. The van der Waals surface area contributed by atoms with E-state index >= 15 is 0 Å². The Hall–Kier alpha value is -2.80. The third kappa shape index (κ3) is 3.68. The number of piperidine rings is 1. The van der Waals surface area contributed by atoms with Crippen molar-refractivity contribution in [2.75, 3.05) is 25.1 Å². The minimum Gasteiger partial charge on any atom is -0.497 e. The third-order valence-corrected chi connectivity index (χ3v) is 5.06. The molecule has 27 heavy (non-hydrogen) atoms. The Morgan fingerprint density at radius 2 is 2.26 bits per heavy atom. The number of nitrogens with zero attached hydrogens (tertiary/aromatic N) is 3. The largest absolute Gasteiger partial charge is 0.497 e. The molecular formula is C20H24N4O3. The van der Waals surface area contributed by atoms with Gasteiger partial charge < -0.3 is 23.9 Å². The zero-order valence-electron chi connectivity index (χ0n) is 15.6. The SMILES string of the molecule is COc1ccc2oc(CN[C@@H]3CCCN(c4nccn(C)c4=O)C3)cc2c1. The summed E-state index contributed by atoms with van der Waals surface area (Å²) in [7, 11) is 3.41. The van der Waals surface area contributed by atoms with E-state index in [0.29, 0.717) is 12.4 Å². The predicted octanol–water partition coefficient (Wildman–Crippen LogP) is 2.29. The molecule has 1 aliphatic heterocycles. The van der Waals surface area contributed by atoms with E-state index in [2.05, 4.69) is 15.2 Å². The summed E-state index contributed by atoms with van der Waals surface area (Å²) >= 11 is 0. The summed E-state index contributed by atoms with van der Waals surface area (Å²) in [4.78, 5) is 18.7. The van der Waals surface area contributed by atoms with Crippen molar-refractivity contribution in [1.29, 1.82) is 0 Å². The molecule has 2 aromatic heterocycles. The van der Waals surface area contributed by atoms with Crippen LogP contribution in [0.1, 0.15) is 18.6 Å². The van der Waals surface area contributed by atoms with Crippen molar-refractivity contribution in [1.82, 2.24) is 14.9 Å². The maximum atomic E-state index is 12.3. The highest BCUT2D eigenvalue weighted by Crippen LogP contribution is 2.24. The molecule has 7 nitrogen and oxygen atoms in total. The lowest BCUT2D eigenvalue weighted by Gasteiger charge is -2.33. The van der Waals surface area contributed by atoms with Crippen LogP contribution in [-0.2, 0) is 13.6 Å². The number of rotatable bonds is 5. The first-order valence-electron chi connectivity index (χ1n) is 9.20. The van der Waals surface area contributed by atoms with Crippen LogP contribution in [0, 0.1) is 0 Å². The number of ether oxygens (including phenoxy) is 1. The van der Waals surface area contributed by atoms with Crippen LogP contribution in [0.2, 0.25) is 0 Å². The Bertz CT molecular complexity index is 994. The van der Waals surface area contributed by atoms with Gasteiger partial charge in [-0.3, -0.25) is 4.79 Å². The highest BCUT2D eigenvalue weighted by Gasteiger charge is 2.23. The van der Waals surface area contributed by atoms with Crippen LogP contribution in [0.3, 0.4) is 0 Å². The molecule has 1 saturated heterocycles. The summed E-state index contributed by atoms with van der Waals surface area (Å²) in [6.45, 7) is 2.27. The topological polar surface area (TPSA) is 72.5 Å². The number of aryl methyl sites for hydroxylation is 1. The summed E-state index contributed by atoms with van der Waals surface area (Å²) in [6, 6.07) is 8.13. The molecule has 0 saturated carbocycles. The summed E-state index contributed by atoms with van der Waals surface area (Å²) < 4.78 is 12.7. The molecule has 0 aliphatic carbocycles. The fraction of sp³-hybridized carbons (Fsp3) is 0.400. The predicted molar refractivity (Wildman–Crippen MR) is 104 cm³/mol. The molecule has 1 atom stereocenters. The van der Waals surface area contributed by atoms with E-state index in [4.69, 9.17) is 9.15 Å². The van der Waals surface area contributed by atoms with Gasteiger partial charge in [0, 0.05) is 44.0 Å². The molecule has 0 spiro atoms. The van der Waals surface area contributed by atoms with Crippen LogP contribution in [0.5, 0.6) is 5.75 Å².